The molecule has 2 aromatic rings. The summed E-state index contributed by atoms with van der Waals surface area (Å²) in [4.78, 5) is 42.2. The second-order valence-electron chi connectivity index (χ2n) is 6.62. The number of aromatic nitrogens is 1. The number of pyridine rings is 1. The van der Waals surface area contributed by atoms with Crippen LogP contribution in [-0.2, 0) is 4.79 Å². The van der Waals surface area contributed by atoms with E-state index in [4.69, 9.17) is 4.74 Å². The van der Waals surface area contributed by atoms with Crippen LogP contribution in [0.2, 0.25) is 0 Å². The fourth-order valence-electron chi connectivity index (χ4n) is 2.93. The molecule has 27 heavy (non-hydrogen) atoms. The van der Waals surface area contributed by atoms with Crippen LogP contribution in [0.5, 0.6) is 5.75 Å². The minimum absolute atomic E-state index is 0.102. The van der Waals surface area contributed by atoms with E-state index in [1.807, 2.05) is 11.9 Å². The Morgan fingerprint density at radius 1 is 1.33 bits per heavy atom. The van der Waals surface area contributed by atoms with E-state index in [0.29, 0.717) is 17.9 Å². The van der Waals surface area contributed by atoms with Crippen LogP contribution in [0.1, 0.15) is 16.8 Å². The Morgan fingerprint density at radius 3 is 2.81 bits per heavy atom. The maximum Gasteiger partial charge on any atom is 0.271 e. The number of likely N-dealkylation sites (N-methyl/N-ethyl adjacent to an activating group) is 1. The van der Waals surface area contributed by atoms with Gasteiger partial charge in [-0.05, 0) is 30.3 Å². The van der Waals surface area contributed by atoms with Crippen molar-refractivity contribution in [3.8, 4) is 5.75 Å². The topological polar surface area (TPSA) is 94.7 Å². The van der Waals surface area contributed by atoms with Gasteiger partial charge in [0.15, 0.2) is 0 Å². The van der Waals surface area contributed by atoms with Crippen molar-refractivity contribution in [2.24, 2.45) is 0 Å². The predicted molar refractivity (Wildman–Crippen MR) is 102 cm³/mol. The minimum atomic E-state index is -0.351. The van der Waals surface area contributed by atoms with Crippen molar-refractivity contribution in [1.82, 2.24) is 9.88 Å². The number of carbonyl (C=O) groups excluding carboxylic acids is 2. The van der Waals surface area contributed by atoms with Crippen molar-refractivity contribution >= 4 is 23.2 Å². The van der Waals surface area contributed by atoms with Gasteiger partial charge in [-0.2, -0.15) is 0 Å². The number of amides is 2. The maximum absolute atomic E-state index is 12.3. The highest BCUT2D eigenvalue weighted by Crippen LogP contribution is 2.34. The molecule has 0 radical (unpaired) electrons. The molecular weight excluding hydrogens is 348 g/mol. The van der Waals surface area contributed by atoms with E-state index in [1.54, 1.807) is 44.4 Å². The molecule has 2 N–H and O–H groups in total. The summed E-state index contributed by atoms with van der Waals surface area (Å²) in [5.74, 6) is 0.287. The number of aromatic amines is 1. The number of hydrogen-bond acceptors (Lipinski definition) is 5. The first kappa shape index (κ1) is 18.5. The minimum Gasteiger partial charge on any atom is -0.489 e. The fraction of sp³-hybridized carbons (Fsp3) is 0.316. The molecule has 1 aliphatic rings. The van der Waals surface area contributed by atoms with Crippen molar-refractivity contribution in [2.75, 3.05) is 38.0 Å². The van der Waals surface area contributed by atoms with Crippen LogP contribution < -0.4 is 20.5 Å². The highest BCUT2D eigenvalue weighted by atomic mass is 16.5. The summed E-state index contributed by atoms with van der Waals surface area (Å²) < 4.78 is 5.76. The highest BCUT2D eigenvalue weighted by molar-refractivity contribution is 5.95. The zero-order chi connectivity index (χ0) is 19.6. The largest absolute Gasteiger partial charge is 0.489 e. The second kappa shape index (κ2) is 7.53. The summed E-state index contributed by atoms with van der Waals surface area (Å²) in [5.41, 5.74) is 1.16. The van der Waals surface area contributed by atoms with Crippen molar-refractivity contribution in [3.63, 3.8) is 0 Å². The Labute approximate surface area is 156 Å². The zero-order valence-corrected chi connectivity index (χ0v) is 15.5. The van der Waals surface area contributed by atoms with Crippen molar-refractivity contribution < 1.29 is 14.3 Å². The van der Waals surface area contributed by atoms with Gasteiger partial charge >= 0.3 is 0 Å². The van der Waals surface area contributed by atoms with Crippen LogP contribution in [0.3, 0.4) is 0 Å². The van der Waals surface area contributed by atoms with Crippen molar-refractivity contribution in [3.05, 3.63) is 52.4 Å². The molecule has 3 rings (SSSR count). The molecule has 1 atom stereocenters. The lowest BCUT2D eigenvalue weighted by Gasteiger charge is -2.35. The SMILES string of the molecule is CN(C)C(=O)c1ccc2c(c1)N(C)[C@@H](CC(=O)Nc1ccc[nH]c1=O)CO2. The molecule has 1 aliphatic heterocycles. The number of benzene rings is 1. The van der Waals surface area contributed by atoms with Gasteiger partial charge in [0, 0.05) is 32.9 Å². The molecule has 142 valence electrons. The smallest absolute Gasteiger partial charge is 0.271 e. The molecular formula is C19H22N4O4. The normalized spacial score (nSPS) is 15.5. The lowest BCUT2D eigenvalue weighted by atomic mass is 10.1. The van der Waals surface area contributed by atoms with E-state index in [2.05, 4.69) is 10.3 Å². The van der Waals surface area contributed by atoms with Crippen LogP contribution in [0, 0.1) is 0 Å². The zero-order valence-electron chi connectivity index (χ0n) is 15.5. The van der Waals surface area contributed by atoms with E-state index < -0.39 is 0 Å². The molecule has 0 bridgehead atoms. The quantitative estimate of drug-likeness (QED) is 0.846. The predicted octanol–water partition coefficient (Wildman–Crippen LogP) is 1.30. The Balaban J connectivity index is 1.74. The molecule has 1 aromatic heterocycles. The average molecular weight is 370 g/mol. The van der Waals surface area contributed by atoms with Gasteiger partial charge in [0.1, 0.15) is 18.0 Å². The Bertz CT molecular complexity index is 922. The third kappa shape index (κ3) is 3.94. The first-order valence-corrected chi connectivity index (χ1v) is 8.55. The van der Waals surface area contributed by atoms with Crippen LogP contribution in [0.15, 0.2) is 41.3 Å². The standard InChI is InChI=1S/C19H22N4O4/c1-22(2)19(26)12-6-7-16-15(9-12)23(3)13(11-27-16)10-17(24)21-14-5-4-8-20-18(14)25/h4-9,13H,10-11H2,1-3H3,(H,20,25)(H,21,24)/t13-/m0/s1. The Morgan fingerprint density at radius 2 is 2.11 bits per heavy atom. The van der Waals surface area contributed by atoms with Crippen molar-refractivity contribution in [1.29, 1.82) is 0 Å². The summed E-state index contributed by atoms with van der Waals surface area (Å²) in [7, 11) is 5.25. The fourth-order valence-corrected chi connectivity index (χ4v) is 2.93. The molecule has 8 heteroatoms. The van der Waals surface area contributed by atoms with Crippen LogP contribution >= 0.6 is 0 Å². The summed E-state index contributed by atoms with van der Waals surface area (Å²) in [6, 6.07) is 8.24. The van der Waals surface area contributed by atoms with Gasteiger partial charge in [-0.3, -0.25) is 14.4 Å². The molecule has 0 aliphatic carbocycles. The summed E-state index contributed by atoms with van der Waals surface area (Å²) in [6.45, 7) is 0.336. The van der Waals surface area contributed by atoms with Gasteiger partial charge in [-0.25, -0.2) is 0 Å². The number of rotatable bonds is 4. The molecule has 0 spiro atoms. The van der Waals surface area contributed by atoms with Crippen LogP contribution in [0.25, 0.3) is 0 Å². The van der Waals surface area contributed by atoms with Crippen LogP contribution in [-0.4, -0.2) is 55.5 Å². The third-order valence-corrected chi connectivity index (χ3v) is 4.48. The number of ether oxygens (including phenoxy) is 1. The molecule has 2 heterocycles. The summed E-state index contributed by atoms with van der Waals surface area (Å²) in [5, 5.41) is 2.62. The van der Waals surface area contributed by atoms with Gasteiger partial charge in [-0.1, -0.05) is 0 Å². The maximum atomic E-state index is 12.3. The first-order valence-electron chi connectivity index (χ1n) is 8.55. The molecule has 0 unspecified atom stereocenters. The number of nitrogens with one attached hydrogen (secondary N) is 2. The molecule has 0 fully saturated rings. The molecule has 0 saturated carbocycles. The lowest BCUT2D eigenvalue weighted by molar-refractivity contribution is -0.116. The van der Waals surface area contributed by atoms with Gasteiger partial charge in [0.05, 0.1) is 18.2 Å². The monoisotopic (exact) mass is 370 g/mol. The Hall–Kier alpha value is -3.29. The summed E-state index contributed by atoms with van der Waals surface area (Å²) >= 11 is 0. The number of nitrogens with zero attached hydrogens (tertiary/aromatic N) is 2. The van der Waals surface area contributed by atoms with E-state index >= 15 is 0 Å². The molecule has 2 amide bonds. The number of H-pyrrole nitrogens is 1. The summed E-state index contributed by atoms with van der Waals surface area (Å²) in [6.07, 6.45) is 1.65. The van der Waals surface area contributed by atoms with E-state index in [9.17, 15) is 14.4 Å². The molecule has 1 aromatic carbocycles. The van der Waals surface area contributed by atoms with Gasteiger partial charge in [0.25, 0.3) is 11.5 Å². The number of carbonyl (C=O) groups is 2. The average Bonchev–Trinajstić information content (AvgIpc) is 2.65. The van der Waals surface area contributed by atoms with E-state index in [1.165, 1.54) is 11.1 Å². The van der Waals surface area contributed by atoms with Gasteiger partial charge in [0.2, 0.25) is 5.91 Å². The number of fused-ring (bicyclic) bond motifs is 1. The van der Waals surface area contributed by atoms with Gasteiger partial charge < -0.3 is 24.8 Å². The van der Waals surface area contributed by atoms with Crippen LogP contribution in [0.4, 0.5) is 11.4 Å². The number of anilines is 2. The molecule has 0 saturated heterocycles. The highest BCUT2D eigenvalue weighted by Gasteiger charge is 2.28. The van der Waals surface area contributed by atoms with E-state index in [0.717, 1.165) is 5.69 Å². The van der Waals surface area contributed by atoms with E-state index in [-0.39, 0.29) is 35.5 Å². The molecule has 8 nitrogen and oxygen atoms in total. The first-order chi connectivity index (χ1) is 12.9. The van der Waals surface area contributed by atoms with Gasteiger partial charge in [-0.15, -0.1) is 0 Å². The second-order valence-corrected chi connectivity index (χ2v) is 6.62. The van der Waals surface area contributed by atoms with Crippen molar-refractivity contribution in [2.45, 2.75) is 12.5 Å². The Kier molecular flexibility index (Phi) is 5.16. The third-order valence-electron chi connectivity index (χ3n) is 4.48. The lowest BCUT2D eigenvalue weighted by Crippen LogP contribution is -2.43. The number of hydrogen-bond donors (Lipinski definition) is 2.